The van der Waals surface area contributed by atoms with Crippen LogP contribution in [0.15, 0.2) is 72.9 Å². The van der Waals surface area contributed by atoms with Gasteiger partial charge in [0.05, 0.1) is 11.1 Å². The molecule has 7 nitrogen and oxygen atoms in total. The highest BCUT2D eigenvalue weighted by Gasteiger charge is 2.27. The van der Waals surface area contributed by atoms with E-state index in [0.29, 0.717) is 17.5 Å². The smallest absolute Gasteiger partial charge is 0.341 e. The summed E-state index contributed by atoms with van der Waals surface area (Å²) in [4.78, 5) is 35.6. The minimum atomic E-state index is -1.15. The van der Waals surface area contributed by atoms with Crippen molar-refractivity contribution >= 4 is 23.2 Å². The molecule has 2 aromatic carbocycles. The van der Waals surface area contributed by atoms with Gasteiger partial charge >= 0.3 is 5.97 Å². The van der Waals surface area contributed by atoms with Gasteiger partial charge in [0, 0.05) is 18.3 Å². The third kappa shape index (κ3) is 4.21. The van der Waals surface area contributed by atoms with Gasteiger partial charge in [-0.05, 0) is 41.3 Å². The average Bonchev–Trinajstić information content (AvgIpc) is 3.09. The van der Waals surface area contributed by atoms with Crippen molar-refractivity contribution in [1.29, 1.82) is 0 Å². The summed E-state index contributed by atoms with van der Waals surface area (Å²) < 4.78 is 7.21. The standard InChI is InChI=1S/C26H22N2O5/c1-16-20(14-18-10-5-6-11-19(18)17-8-3-2-4-9-17)28-13-7-12-21(33-15-22(29)30)24(28)23(16)25(31)26(27)32/h2-13H,14-15H2,1H3,(H2,27,32)(H,29,30). The van der Waals surface area contributed by atoms with Crippen LogP contribution >= 0.6 is 0 Å². The molecule has 4 rings (SSSR count). The molecule has 7 heteroatoms. The fraction of sp³-hybridized carbons (Fsp3) is 0.115. The molecule has 4 aromatic rings. The molecule has 0 bridgehead atoms. The Labute approximate surface area is 190 Å². The second-order valence-corrected chi connectivity index (χ2v) is 7.61. The molecule has 2 heterocycles. The zero-order chi connectivity index (χ0) is 23.5. The Hall–Kier alpha value is -4.39. The van der Waals surface area contributed by atoms with Crippen molar-refractivity contribution in [1.82, 2.24) is 4.40 Å². The van der Waals surface area contributed by atoms with E-state index in [-0.39, 0.29) is 11.3 Å². The number of aromatic nitrogens is 1. The molecule has 2 aromatic heterocycles. The Morgan fingerprint density at radius 2 is 1.67 bits per heavy atom. The second kappa shape index (κ2) is 9.00. The Morgan fingerprint density at radius 1 is 0.970 bits per heavy atom. The van der Waals surface area contributed by atoms with Crippen LogP contribution in [-0.2, 0) is 16.0 Å². The average molecular weight is 442 g/mol. The Balaban J connectivity index is 1.91. The Bertz CT molecular complexity index is 1370. The summed E-state index contributed by atoms with van der Waals surface area (Å²) in [7, 11) is 0. The van der Waals surface area contributed by atoms with E-state index in [0.717, 1.165) is 22.4 Å². The number of carboxylic acid groups (broad SMARTS) is 1. The number of nitrogens with zero attached hydrogens (tertiary/aromatic N) is 1. The first-order valence-corrected chi connectivity index (χ1v) is 10.3. The van der Waals surface area contributed by atoms with Crippen LogP contribution in [0.1, 0.15) is 27.2 Å². The van der Waals surface area contributed by atoms with E-state index in [1.165, 1.54) is 0 Å². The molecule has 0 radical (unpaired) electrons. The zero-order valence-electron chi connectivity index (χ0n) is 17.9. The van der Waals surface area contributed by atoms with E-state index in [1.807, 2.05) is 54.6 Å². The lowest BCUT2D eigenvalue weighted by molar-refractivity contribution is -0.139. The lowest BCUT2D eigenvalue weighted by Crippen LogP contribution is -2.23. The first-order chi connectivity index (χ1) is 15.9. The third-order valence-electron chi connectivity index (χ3n) is 5.55. The summed E-state index contributed by atoms with van der Waals surface area (Å²) in [6.07, 6.45) is 2.22. The van der Waals surface area contributed by atoms with Gasteiger partial charge < -0.3 is 20.0 Å². The number of amides is 1. The predicted molar refractivity (Wildman–Crippen MR) is 123 cm³/mol. The first kappa shape index (κ1) is 21.8. The number of carbonyl (C=O) groups excluding carboxylic acids is 2. The number of hydrogen-bond acceptors (Lipinski definition) is 4. The van der Waals surface area contributed by atoms with E-state index in [9.17, 15) is 14.4 Å². The monoisotopic (exact) mass is 442 g/mol. The van der Waals surface area contributed by atoms with Crippen LogP contribution in [0.5, 0.6) is 5.75 Å². The molecule has 166 valence electrons. The molecular formula is C26H22N2O5. The van der Waals surface area contributed by atoms with Crippen LogP contribution < -0.4 is 10.5 Å². The van der Waals surface area contributed by atoms with E-state index in [1.54, 1.807) is 29.7 Å². The summed E-state index contributed by atoms with van der Waals surface area (Å²) in [5, 5.41) is 9.03. The minimum Gasteiger partial charge on any atom is -0.480 e. The lowest BCUT2D eigenvalue weighted by atomic mass is 9.95. The number of primary amides is 1. The summed E-state index contributed by atoms with van der Waals surface area (Å²) in [6.45, 7) is 1.17. The van der Waals surface area contributed by atoms with Crippen molar-refractivity contribution in [3.63, 3.8) is 0 Å². The molecule has 0 saturated carbocycles. The Kier molecular flexibility index (Phi) is 5.95. The SMILES string of the molecule is Cc1c(C(=O)C(N)=O)c2c(OCC(=O)O)cccn2c1Cc1ccccc1-c1ccccc1. The highest BCUT2D eigenvalue weighted by molar-refractivity contribution is 6.44. The molecule has 0 saturated heterocycles. The van der Waals surface area contributed by atoms with Gasteiger partial charge in [-0.2, -0.15) is 0 Å². The third-order valence-corrected chi connectivity index (χ3v) is 5.55. The molecule has 3 N–H and O–H groups in total. The minimum absolute atomic E-state index is 0.121. The number of carbonyl (C=O) groups is 3. The fourth-order valence-electron chi connectivity index (χ4n) is 4.09. The molecule has 0 aliphatic carbocycles. The van der Waals surface area contributed by atoms with Gasteiger partial charge in [0.25, 0.3) is 11.7 Å². The van der Waals surface area contributed by atoms with Crippen LogP contribution in [0, 0.1) is 6.92 Å². The summed E-state index contributed by atoms with van der Waals surface area (Å²) in [5.74, 6) is -2.90. The van der Waals surface area contributed by atoms with E-state index < -0.39 is 24.3 Å². The number of rotatable bonds is 8. The number of nitrogens with two attached hydrogens (primary N) is 1. The molecule has 0 unspecified atom stereocenters. The highest BCUT2D eigenvalue weighted by atomic mass is 16.5. The van der Waals surface area contributed by atoms with Crippen molar-refractivity contribution < 1.29 is 24.2 Å². The van der Waals surface area contributed by atoms with Crippen LogP contribution in [0.2, 0.25) is 0 Å². The highest BCUT2D eigenvalue weighted by Crippen LogP contribution is 2.34. The molecule has 0 fully saturated rings. The van der Waals surface area contributed by atoms with Gasteiger partial charge in [0.15, 0.2) is 6.61 Å². The summed E-state index contributed by atoms with van der Waals surface area (Å²) >= 11 is 0. The van der Waals surface area contributed by atoms with Crippen LogP contribution in [0.3, 0.4) is 0 Å². The molecule has 0 atom stereocenters. The normalized spacial score (nSPS) is 10.8. The maximum Gasteiger partial charge on any atom is 0.341 e. The van der Waals surface area contributed by atoms with Gasteiger partial charge in [0.1, 0.15) is 5.75 Å². The van der Waals surface area contributed by atoms with Crippen LogP contribution in [-0.4, -0.2) is 33.8 Å². The van der Waals surface area contributed by atoms with E-state index in [2.05, 4.69) is 0 Å². The number of hydrogen-bond donors (Lipinski definition) is 2. The maximum atomic E-state index is 12.8. The van der Waals surface area contributed by atoms with Gasteiger partial charge in [-0.15, -0.1) is 0 Å². The first-order valence-electron chi connectivity index (χ1n) is 10.3. The fourth-order valence-corrected chi connectivity index (χ4v) is 4.09. The molecular weight excluding hydrogens is 420 g/mol. The number of benzene rings is 2. The number of pyridine rings is 1. The molecule has 33 heavy (non-hydrogen) atoms. The second-order valence-electron chi connectivity index (χ2n) is 7.61. The quantitative estimate of drug-likeness (QED) is 0.320. The molecule has 0 aliphatic rings. The van der Waals surface area contributed by atoms with Crippen molar-refractivity contribution in [3.8, 4) is 16.9 Å². The van der Waals surface area contributed by atoms with Crippen molar-refractivity contribution in [3.05, 3.63) is 95.3 Å². The van der Waals surface area contributed by atoms with Gasteiger partial charge in [-0.1, -0.05) is 54.6 Å². The van der Waals surface area contributed by atoms with Crippen molar-refractivity contribution in [2.24, 2.45) is 5.73 Å². The number of carboxylic acids is 1. The number of aliphatic carboxylic acids is 1. The largest absolute Gasteiger partial charge is 0.480 e. The van der Waals surface area contributed by atoms with Crippen LogP contribution in [0.4, 0.5) is 0 Å². The lowest BCUT2D eigenvalue weighted by Gasteiger charge is -2.12. The van der Waals surface area contributed by atoms with Crippen LogP contribution in [0.25, 0.3) is 16.6 Å². The Morgan fingerprint density at radius 3 is 2.36 bits per heavy atom. The van der Waals surface area contributed by atoms with Gasteiger partial charge in [0.2, 0.25) is 0 Å². The molecule has 1 amide bonds. The molecule has 0 spiro atoms. The van der Waals surface area contributed by atoms with Gasteiger partial charge in [-0.3, -0.25) is 9.59 Å². The topological polar surface area (TPSA) is 111 Å². The number of ketones is 1. The van der Waals surface area contributed by atoms with E-state index in [4.69, 9.17) is 15.6 Å². The van der Waals surface area contributed by atoms with E-state index >= 15 is 0 Å². The molecule has 0 aliphatic heterocycles. The maximum absolute atomic E-state index is 12.8. The van der Waals surface area contributed by atoms with Gasteiger partial charge in [-0.25, -0.2) is 4.79 Å². The van der Waals surface area contributed by atoms with Crippen molar-refractivity contribution in [2.75, 3.05) is 6.61 Å². The number of fused-ring (bicyclic) bond motifs is 1. The zero-order valence-corrected chi connectivity index (χ0v) is 17.9. The number of ether oxygens (including phenoxy) is 1. The summed E-state index contributed by atoms with van der Waals surface area (Å²) in [6, 6.07) is 21.2. The van der Waals surface area contributed by atoms with Crippen molar-refractivity contribution in [2.45, 2.75) is 13.3 Å². The predicted octanol–water partition coefficient (Wildman–Crippen LogP) is 3.64. The summed E-state index contributed by atoms with van der Waals surface area (Å²) in [5.41, 5.74) is 10.3. The number of Topliss-reactive ketones (excluding diaryl/α,β-unsaturated/α-hetero) is 1.